The maximum absolute atomic E-state index is 12.3. The lowest BCUT2D eigenvalue weighted by molar-refractivity contribution is -0.137. The molecule has 1 rings (SSSR count). The van der Waals surface area contributed by atoms with Crippen molar-refractivity contribution in [2.75, 3.05) is 26.2 Å². The average Bonchev–Trinajstić information content (AvgIpc) is 2.42. The lowest BCUT2D eigenvalue weighted by Gasteiger charge is -2.35. The van der Waals surface area contributed by atoms with Crippen LogP contribution >= 0.6 is 0 Å². The quantitative estimate of drug-likeness (QED) is 0.741. The summed E-state index contributed by atoms with van der Waals surface area (Å²) in [6.45, 7) is 3.36. The van der Waals surface area contributed by atoms with Gasteiger partial charge in [0.25, 0.3) is 0 Å². The highest BCUT2D eigenvalue weighted by Crippen LogP contribution is 2.21. The van der Waals surface area contributed by atoms with E-state index in [1.165, 1.54) is 4.90 Å². The molecule has 0 bridgehead atoms. The Hall–Kier alpha value is -1.79. The van der Waals surface area contributed by atoms with E-state index in [1.807, 2.05) is 0 Å². The molecule has 0 radical (unpaired) electrons. The molecule has 0 saturated carbocycles. The largest absolute Gasteiger partial charge is 0.481 e. The van der Waals surface area contributed by atoms with Crippen LogP contribution in [-0.2, 0) is 9.59 Å². The zero-order chi connectivity index (χ0) is 15.1. The summed E-state index contributed by atoms with van der Waals surface area (Å²) in [6, 6.07) is -0.189. The number of carboxylic acids is 1. The highest BCUT2D eigenvalue weighted by atomic mass is 16.4. The number of urea groups is 1. The van der Waals surface area contributed by atoms with E-state index in [4.69, 9.17) is 10.8 Å². The van der Waals surface area contributed by atoms with Crippen molar-refractivity contribution in [1.82, 2.24) is 9.80 Å². The first-order valence-electron chi connectivity index (χ1n) is 6.98. The molecule has 0 spiro atoms. The number of primary amides is 1. The van der Waals surface area contributed by atoms with Crippen molar-refractivity contribution >= 4 is 17.9 Å². The van der Waals surface area contributed by atoms with Gasteiger partial charge in [-0.15, -0.1) is 0 Å². The van der Waals surface area contributed by atoms with Crippen LogP contribution in [0.3, 0.4) is 0 Å². The van der Waals surface area contributed by atoms with Crippen LogP contribution in [0.2, 0.25) is 0 Å². The third-order valence-corrected chi connectivity index (χ3v) is 3.55. The molecule has 0 aromatic heterocycles. The van der Waals surface area contributed by atoms with Gasteiger partial charge in [-0.25, -0.2) is 4.79 Å². The summed E-state index contributed by atoms with van der Waals surface area (Å²) >= 11 is 0. The van der Waals surface area contributed by atoms with E-state index in [2.05, 4.69) is 0 Å². The van der Waals surface area contributed by atoms with Crippen molar-refractivity contribution < 1.29 is 19.5 Å². The molecule has 0 aromatic carbocycles. The zero-order valence-corrected chi connectivity index (χ0v) is 11.9. The Morgan fingerprint density at radius 2 is 2.10 bits per heavy atom. The minimum atomic E-state index is -0.808. The van der Waals surface area contributed by atoms with Gasteiger partial charge in [0.1, 0.15) is 6.54 Å². The maximum Gasteiger partial charge on any atom is 0.320 e. The summed E-state index contributed by atoms with van der Waals surface area (Å²) < 4.78 is 0. The fourth-order valence-electron chi connectivity index (χ4n) is 2.50. The molecule has 1 saturated heterocycles. The first-order valence-corrected chi connectivity index (χ1v) is 6.98. The second-order valence-electron chi connectivity index (χ2n) is 5.15. The molecule has 1 atom stereocenters. The molecule has 3 N–H and O–H groups in total. The van der Waals surface area contributed by atoms with Gasteiger partial charge >= 0.3 is 12.0 Å². The van der Waals surface area contributed by atoms with Crippen molar-refractivity contribution in [2.24, 2.45) is 11.7 Å². The normalized spacial score (nSPS) is 18.6. The Morgan fingerprint density at radius 3 is 2.65 bits per heavy atom. The number of likely N-dealkylation sites (tertiary alicyclic amines) is 1. The molecule has 1 aliphatic rings. The third kappa shape index (κ3) is 5.07. The highest BCUT2D eigenvalue weighted by molar-refractivity contribution is 5.83. The summed E-state index contributed by atoms with van der Waals surface area (Å²) in [5, 5.41) is 8.70. The van der Waals surface area contributed by atoms with Crippen molar-refractivity contribution in [3.63, 3.8) is 0 Å². The number of carbonyl (C=O) groups is 3. The monoisotopic (exact) mass is 285 g/mol. The summed E-state index contributed by atoms with van der Waals surface area (Å²) in [5.74, 6) is -1.12. The number of carbonyl (C=O) groups excluding carboxylic acids is 2. The molecule has 0 aliphatic carbocycles. The number of piperidine rings is 1. The number of nitrogens with two attached hydrogens (primary N) is 1. The lowest BCUT2D eigenvalue weighted by Crippen LogP contribution is -2.49. The number of hydrogen-bond acceptors (Lipinski definition) is 3. The summed E-state index contributed by atoms with van der Waals surface area (Å²) in [5.41, 5.74) is 5.13. The van der Waals surface area contributed by atoms with E-state index in [-0.39, 0.29) is 24.9 Å². The van der Waals surface area contributed by atoms with Gasteiger partial charge in [0, 0.05) is 26.1 Å². The molecule has 1 fully saturated rings. The van der Waals surface area contributed by atoms with E-state index in [0.717, 1.165) is 12.8 Å². The topological polar surface area (TPSA) is 104 Å². The molecule has 7 nitrogen and oxygen atoms in total. The van der Waals surface area contributed by atoms with Crippen LogP contribution in [0.15, 0.2) is 0 Å². The Labute approximate surface area is 118 Å². The molecular weight excluding hydrogens is 262 g/mol. The number of likely N-dealkylation sites (N-methyl/N-ethyl adjacent to an activating group) is 1. The van der Waals surface area contributed by atoms with Crippen LogP contribution in [0.4, 0.5) is 4.79 Å². The predicted octanol–water partition coefficient (Wildman–Crippen LogP) is 0.490. The third-order valence-electron chi connectivity index (χ3n) is 3.55. The molecular formula is C13H23N3O4. The molecule has 20 heavy (non-hydrogen) atoms. The van der Waals surface area contributed by atoms with E-state index in [9.17, 15) is 14.4 Å². The number of hydrogen-bond donors (Lipinski definition) is 2. The second kappa shape index (κ2) is 7.72. The van der Waals surface area contributed by atoms with E-state index < -0.39 is 11.9 Å². The Bertz CT molecular complexity index is 373. The predicted molar refractivity (Wildman–Crippen MR) is 73.0 cm³/mol. The summed E-state index contributed by atoms with van der Waals surface area (Å²) in [4.78, 5) is 36.9. The zero-order valence-electron chi connectivity index (χ0n) is 11.9. The van der Waals surface area contributed by atoms with E-state index in [0.29, 0.717) is 26.1 Å². The number of amides is 3. The SMILES string of the molecule is CCN(CC(N)=O)C(=O)N1CCCC(CCC(=O)O)C1. The van der Waals surface area contributed by atoms with Gasteiger partial charge in [-0.2, -0.15) is 0 Å². The van der Waals surface area contributed by atoms with Gasteiger partial charge in [0.2, 0.25) is 5.91 Å². The summed E-state index contributed by atoms with van der Waals surface area (Å²) in [6.07, 6.45) is 2.52. The highest BCUT2D eigenvalue weighted by Gasteiger charge is 2.27. The minimum absolute atomic E-state index is 0.0778. The second-order valence-corrected chi connectivity index (χ2v) is 5.15. The van der Waals surface area contributed by atoms with Crippen LogP contribution in [-0.4, -0.2) is 59.0 Å². The van der Waals surface area contributed by atoms with Crippen molar-refractivity contribution in [1.29, 1.82) is 0 Å². The molecule has 3 amide bonds. The van der Waals surface area contributed by atoms with E-state index >= 15 is 0 Å². The Morgan fingerprint density at radius 1 is 1.40 bits per heavy atom. The molecule has 1 heterocycles. The van der Waals surface area contributed by atoms with Crippen LogP contribution in [0.1, 0.15) is 32.6 Å². The van der Waals surface area contributed by atoms with Crippen LogP contribution in [0.25, 0.3) is 0 Å². The molecule has 7 heteroatoms. The van der Waals surface area contributed by atoms with Gasteiger partial charge in [-0.3, -0.25) is 9.59 Å². The number of aliphatic carboxylic acids is 1. The average molecular weight is 285 g/mol. The first-order chi connectivity index (χ1) is 9.43. The van der Waals surface area contributed by atoms with Gasteiger partial charge < -0.3 is 20.6 Å². The van der Waals surface area contributed by atoms with Crippen LogP contribution < -0.4 is 5.73 Å². The number of carboxylic acid groups (broad SMARTS) is 1. The fraction of sp³-hybridized carbons (Fsp3) is 0.769. The minimum Gasteiger partial charge on any atom is -0.481 e. The molecule has 114 valence electrons. The van der Waals surface area contributed by atoms with Gasteiger partial charge in [-0.1, -0.05) is 0 Å². The van der Waals surface area contributed by atoms with E-state index in [1.54, 1.807) is 11.8 Å². The van der Waals surface area contributed by atoms with Crippen LogP contribution in [0, 0.1) is 5.92 Å². The number of nitrogens with zero attached hydrogens (tertiary/aromatic N) is 2. The van der Waals surface area contributed by atoms with Gasteiger partial charge in [0.15, 0.2) is 0 Å². The Balaban J connectivity index is 2.54. The first kappa shape index (κ1) is 16.3. The smallest absolute Gasteiger partial charge is 0.320 e. The Kier molecular flexibility index (Phi) is 6.27. The van der Waals surface area contributed by atoms with Gasteiger partial charge in [0.05, 0.1) is 0 Å². The van der Waals surface area contributed by atoms with Crippen molar-refractivity contribution in [3.05, 3.63) is 0 Å². The summed E-state index contributed by atoms with van der Waals surface area (Å²) in [7, 11) is 0. The van der Waals surface area contributed by atoms with Crippen LogP contribution in [0.5, 0.6) is 0 Å². The molecule has 1 aliphatic heterocycles. The van der Waals surface area contributed by atoms with Gasteiger partial charge in [-0.05, 0) is 32.1 Å². The maximum atomic E-state index is 12.3. The fourth-order valence-corrected chi connectivity index (χ4v) is 2.50. The molecule has 1 unspecified atom stereocenters. The number of rotatable bonds is 6. The molecule has 0 aromatic rings. The standard InChI is InChI=1S/C13H23N3O4/c1-2-15(9-11(14)17)13(20)16-7-3-4-10(8-16)5-6-12(18)19/h10H,2-9H2,1H3,(H2,14,17)(H,18,19). The van der Waals surface area contributed by atoms with Crippen molar-refractivity contribution in [3.8, 4) is 0 Å². The lowest BCUT2D eigenvalue weighted by atomic mass is 9.93. The van der Waals surface area contributed by atoms with Crippen molar-refractivity contribution in [2.45, 2.75) is 32.6 Å².